The van der Waals surface area contributed by atoms with Crippen LogP contribution in [0, 0.1) is 0 Å². The van der Waals surface area contributed by atoms with Crippen LogP contribution in [-0.2, 0) is 28.6 Å². The Kier molecular flexibility index (Phi) is 63.5. The lowest BCUT2D eigenvalue weighted by Crippen LogP contribution is -2.30. The standard InChI is InChI=1S/C76H118O6/c1-4-7-10-13-16-19-22-25-28-31-32-33-34-35-36-37-38-39-40-41-42-43-44-46-48-51-54-57-60-63-66-69-75(78)81-72-73(71-80-74(77)68-65-62-59-56-53-50-47-30-27-24-21-18-15-12-9-6-3)82-76(79)70-67-64-61-58-55-52-49-45-29-26-23-20-17-14-11-8-5-2/h7-8,10-11,16-17,19-20,25-26,28-30,32-33,35-36,38-39,41-42,44,46-47,49,51-52,54,58,61,73H,4-6,9,12-15,18,21-24,27,31,34,37,40,43,45,48,50,53,55-57,59-60,62-72H2,1-3H3/b10-7-,11-8-,19-16-,20-17-,28-25-,29-26-,33-32-,36-35-,39-38-,42-41-,46-44-,47-30-,52-49-,54-51-,61-58-. The highest BCUT2D eigenvalue weighted by Gasteiger charge is 2.19. The fraction of sp³-hybridized carbons (Fsp3) is 0.566. The number of carbonyl (C=O) groups is 3. The molecule has 0 N–H and O–H groups in total. The number of hydrogen-bond donors (Lipinski definition) is 0. The van der Waals surface area contributed by atoms with Gasteiger partial charge in [0.1, 0.15) is 13.2 Å². The van der Waals surface area contributed by atoms with Gasteiger partial charge < -0.3 is 14.2 Å². The lowest BCUT2D eigenvalue weighted by Gasteiger charge is -2.18. The van der Waals surface area contributed by atoms with E-state index in [-0.39, 0.29) is 37.5 Å². The van der Waals surface area contributed by atoms with Crippen LogP contribution in [0.3, 0.4) is 0 Å². The highest BCUT2D eigenvalue weighted by molar-refractivity contribution is 5.71. The van der Waals surface area contributed by atoms with E-state index in [1.165, 1.54) is 57.8 Å². The van der Waals surface area contributed by atoms with E-state index in [2.05, 4.69) is 203 Å². The predicted molar refractivity (Wildman–Crippen MR) is 357 cm³/mol. The third-order valence-corrected chi connectivity index (χ3v) is 13.1. The molecule has 0 amide bonds. The molecule has 0 fully saturated rings. The average Bonchev–Trinajstić information content (AvgIpc) is 3.48. The highest BCUT2D eigenvalue weighted by atomic mass is 16.6. The fourth-order valence-corrected chi connectivity index (χ4v) is 8.29. The second-order valence-electron chi connectivity index (χ2n) is 20.9. The molecule has 0 aliphatic rings. The summed E-state index contributed by atoms with van der Waals surface area (Å²) in [5.41, 5.74) is 0. The third kappa shape index (κ3) is 65.3. The second kappa shape index (κ2) is 68.0. The van der Waals surface area contributed by atoms with Crippen molar-refractivity contribution in [3.05, 3.63) is 182 Å². The smallest absolute Gasteiger partial charge is 0.306 e. The van der Waals surface area contributed by atoms with Crippen LogP contribution in [0.4, 0.5) is 0 Å². The van der Waals surface area contributed by atoms with E-state index in [4.69, 9.17) is 14.2 Å². The Morgan fingerprint density at radius 3 is 0.805 bits per heavy atom. The van der Waals surface area contributed by atoms with Crippen LogP contribution in [0.25, 0.3) is 0 Å². The van der Waals surface area contributed by atoms with Gasteiger partial charge in [-0.1, -0.05) is 267 Å². The maximum atomic E-state index is 12.9. The van der Waals surface area contributed by atoms with Gasteiger partial charge in [0, 0.05) is 19.3 Å². The summed E-state index contributed by atoms with van der Waals surface area (Å²) >= 11 is 0. The number of esters is 3. The first kappa shape index (κ1) is 76.5. The molecular weight excluding hydrogens is 1010 g/mol. The van der Waals surface area contributed by atoms with Crippen molar-refractivity contribution in [2.45, 2.75) is 264 Å². The molecule has 0 aromatic rings. The van der Waals surface area contributed by atoms with Crippen LogP contribution in [-0.4, -0.2) is 37.2 Å². The monoisotopic (exact) mass is 1130 g/mol. The Morgan fingerprint density at radius 1 is 0.256 bits per heavy atom. The van der Waals surface area contributed by atoms with Gasteiger partial charge in [-0.05, 0) is 154 Å². The number of ether oxygens (including phenoxy) is 3. The molecule has 82 heavy (non-hydrogen) atoms. The average molecular weight is 1130 g/mol. The lowest BCUT2D eigenvalue weighted by atomic mass is 10.1. The van der Waals surface area contributed by atoms with Gasteiger partial charge in [-0.2, -0.15) is 0 Å². The summed E-state index contributed by atoms with van der Waals surface area (Å²) in [6, 6.07) is 0. The zero-order valence-electron chi connectivity index (χ0n) is 52.4. The largest absolute Gasteiger partial charge is 0.462 e. The third-order valence-electron chi connectivity index (χ3n) is 13.1. The number of allylic oxidation sites excluding steroid dienone is 30. The lowest BCUT2D eigenvalue weighted by molar-refractivity contribution is -0.167. The van der Waals surface area contributed by atoms with E-state index in [9.17, 15) is 14.4 Å². The Bertz CT molecular complexity index is 1920. The molecule has 6 nitrogen and oxygen atoms in total. The molecule has 1 unspecified atom stereocenters. The van der Waals surface area contributed by atoms with Crippen molar-refractivity contribution in [3.8, 4) is 0 Å². The minimum Gasteiger partial charge on any atom is -0.462 e. The minimum absolute atomic E-state index is 0.124. The Balaban J connectivity index is 4.50. The van der Waals surface area contributed by atoms with Crippen molar-refractivity contribution in [3.63, 3.8) is 0 Å². The minimum atomic E-state index is -0.837. The predicted octanol–water partition coefficient (Wildman–Crippen LogP) is 22.8. The van der Waals surface area contributed by atoms with Crippen molar-refractivity contribution in [2.24, 2.45) is 0 Å². The van der Waals surface area contributed by atoms with Crippen LogP contribution >= 0.6 is 0 Å². The number of hydrogen-bond acceptors (Lipinski definition) is 6. The molecule has 0 aromatic carbocycles. The van der Waals surface area contributed by atoms with Gasteiger partial charge in [0.15, 0.2) is 6.10 Å². The number of rotatable bonds is 57. The molecule has 0 spiro atoms. The van der Waals surface area contributed by atoms with Crippen molar-refractivity contribution >= 4 is 17.9 Å². The zero-order chi connectivity index (χ0) is 59.2. The highest BCUT2D eigenvalue weighted by Crippen LogP contribution is 2.13. The van der Waals surface area contributed by atoms with E-state index in [1.807, 2.05) is 0 Å². The molecule has 6 heteroatoms. The fourth-order valence-electron chi connectivity index (χ4n) is 8.29. The first-order chi connectivity index (χ1) is 40.5. The molecule has 0 aliphatic heterocycles. The first-order valence-electron chi connectivity index (χ1n) is 32.8. The Hall–Kier alpha value is -5.49. The first-order valence-corrected chi connectivity index (χ1v) is 32.8. The summed E-state index contributed by atoms with van der Waals surface area (Å²) in [5, 5.41) is 0. The van der Waals surface area contributed by atoms with Gasteiger partial charge in [-0.25, -0.2) is 0 Å². The van der Waals surface area contributed by atoms with Gasteiger partial charge >= 0.3 is 17.9 Å². The molecule has 0 radical (unpaired) electrons. The Labute approximate surface area is 504 Å². The van der Waals surface area contributed by atoms with Crippen molar-refractivity contribution in [1.29, 1.82) is 0 Å². The van der Waals surface area contributed by atoms with E-state index < -0.39 is 6.10 Å². The second-order valence-corrected chi connectivity index (χ2v) is 20.9. The van der Waals surface area contributed by atoms with Crippen LogP contribution in [0.5, 0.6) is 0 Å². The van der Waals surface area contributed by atoms with Gasteiger partial charge in [-0.15, -0.1) is 0 Å². The quantitative estimate of drug-likeness (QED) is 0.0261. The molecule has 458 valence electrons. The summed E-state index contributed by atoms with van der Waals surface area (Å²) in [6.45, 7) is 6.32. The van der Waals surface area contributed by atoms with Gasteiger partial charge in [0.05, 0.1) is 0 Å². The molecule has 0 saturated heterocycles. The number of carbonyl (C=O) groups excluding carboxylic acids is 3. The molecule has 1 atom stereocenters. The van der Waals surface area contributed by atoms with E-state index >= 15 is 0 Å². The summed E-state index contributed by atoms with van der Waals surface area (Å²) in [5.74, 6) is -1.03. The van der Waals surface area contributed by atoms with E-state index in [0.29, 0.717) is 19.3 Å². The van der Waals surface area contributed by atoms with Gasteiger partial charge in [0.25, 0.3) is 0 Å². The van der Waals surface area contributed by atoms with Crippen LogP contribution in [0.2, 0.25) is 0 Å². The van der Waals surface area contributed by atoms with Crippen molar-refractivity contribution in [2.75, 3.05) is 13.2 Å². The summed E-state index contributed by atoms with van der Waals surface area (Å²) < 4.78 is 16.8. The maximum absolute atomic E-state index is 12.9. The van der Waals surface area contributed by atoms with Crippen LogP contribution < -0.4 is 0 Å². The zero-order valence-corrected chi connectivity index (χ0v) is 52.4. The molecule has 0 aliphatic carbocycles. The molecule has 0 bridgehead atoms. The van der Waals surface area contributed by atoms with Gasteiger partial charge in [-0.3, -0.25) is 14.4 Å². The van der Waals surface area contributed by atoms with Crippen LogP contribution in [0.1, 0.15) is 258 Å². The molecular formula is C76H118O6. The maximum Gasteiger partial charge on any atom is 0.306 e. The topological polar surface area (TPSA) is 78.9 Å². The molecule has 0 heterocycles. The summed E-state index contributed by atoms with van der Waals surface area (Å²) in [6.07, 6.45) is 102. The summed E-state index contributed by atoms with van der Waals surface area (Å²) in [7, 11) is 0. The van der Waals surface area contributed by atoms with Crippen molar-refractivity contribution < 1.29 is 28.6 Å². The molecule has 0 saturated carbocycles. The van der Waals surface area contributed by atoms with Crippen molar-refractivity contribution in [1.82, 2.24) is 0 Å². The summed E-state index contributed by atoms with van der Waals surface area (Å²) in [4.78, 5) is 38.3. The Morgan fingerprint density at radius 2 is 0.488 bits per heavy atom. The van der Waals surface area contributed by atoms with E-state index in [0.717, 1.165) is 154 Å². The SMILES string of the molecule is CC/C=C\C/C=C\C/C=C\C/C=C\C/C=C\C/C=C\C/C=C\C/C=C\C/C=C\CCCCCC(=O)OCC(COC(=O)CCCCCCC/C=C\CCCCCCCCC)OC(=O)CCC/C=C\C/C=C\C/C=C\C/C=C\C/C=C\CC. The van der Waals surface area contributed by atoms with Gasteiger partial charge in [0.2, 0.25) is 0 Å². The molecule has 0 aromatic heterocycles. The van der Waals surface area contributed by atoms with E-state index in [1.54, 1.807) is 0 Å². The molecule has 0 rings (SSSR count). The number of unbranched alkanes of at least 4 members (excludes halogenated alkanes) is 16. The van der Waals surface area contributed by atoms with Crippen LogP contribution in [0.15, 0.2) is 182 Å². The normalized spacial score (nSPS) is 13.4.